The van der Waals surface area contributed by atoms with Gasteiger partial charge in [-0.3, -0.25) is 9.59 Å². The highest BCUT2D eigenvalue weighted by Crippen LogP contribution is 2.76. The van der Waals surface area contributed by atoms with Crippen LogP contribution in [0.4, 0.5) is 13.2 Å². The number of alkyl halides is 3. The number of hydrogen-bond donors (Lipinski definition) is 2. The molecule has 1 heterocycles. The number of carbonyl (C=O) groups excluding carboxylic acids is 2. The van der Waals surface area contributed by atoms with Crippen molar-refractivity contribution in [3.63, 3.8) is 0 Å². The molecular formula is C32H48F3NO5. The van der Waals surface area contributed by atoms with Gasteiger partial charge in [-0.05, 0) is 106 Å². The summed E-state index contributed by atoms with van der Waals surface area (Å²) in [5.41, 5.74) is -3.02. The van der Waals surface area contributed by atoms with Gasteiger partial charge in [0.05, 0.1) is 5.41 Å². The van der Waals surface area contributed by atoms with E-state index >= 15 is 0 Å². The summed E-state index contributed by atoms with van der Waals surface area (Å²) in [6, 6.07) is 0. The Balaban J connectivity index is 1.60. The quantitative estimate of drug-likeness (QED) is 0.345. The van der Waals surface area contributed by atoms with Crippen molar-refractivity contribution in [2.75, 3.05) is 0 Å². The van der Waals surface area contributed by atoms with Crippen molar-refractivity contribution in [2.24, 2.45) is 50.7 Å². The Morgan fingerprint density at radius 2 is 1.49 bits per heavy atom. The third-order valence-electron chi connectivity index (χ3n) is 13.8. The molecule has 41 heavy (non-hydrogen) atoms. The first kappa shape index (κ1) is 30.7. The second-order valence-corrected chi connectivity index (χ2v) is 16.2. The molecule has 1 aliphatic heterocycles. The number of rotatable bonds is 2. The van der Waals surface area contributed by atoms with E-state index in [2.05, 4.69) is 39.9 Å². The second-order valence-electron chi connectivity index (χ2n) is 16.2. The molecule has 5 aliphatic rings. The molecule has 0 aromatic carbocycles. The van der Waals surface area contributed by atoms with Gasteiger partial charge < -0.3 is 15.2 Å². The van der Waals surface area contributed by atoms with Gasteiger partial charge in [0.1, 0.15) is 6.10 Å². The van der Waals surface area contributed by atoms with Crippen molar-refractivity contribution in [1.82, 2.24) is 5.32 Å². The molecule has 232 valence electrons. The van der Waals surface area contributed by atoms with Gasteiger partial charge in [0, 0.05) is 23.3 Å². The highest BCUT2D eigenvalue weighted by Gasteiger charge is 2.73. The number of carbonyl (C=O) groups is 3. The molecule has 6 nitrogen and oxygen atoms in total. The lowest BCUT2D eigenvalue weighted by Gasteiger charge is -2.72. The van der Waals surface area contributed by atoms with Crippen LogP contribution in [-0.2, 0) is 19.1 Å². The van der Waals surface area contributed by atoms with E-state index in [4.69, 9.17) is 4.74 Å². The summed E-state index contributed by atoms with van der Waals surface area (Å²) in [6.07, 6.45) is 0.0881. The Labute approximate surface area is 241 Å². The summed E-state index contributed by atoms with van der Waals surface area (Å²) in [5, 5.41) is 14.0. The maximum atomic E-state index is 13.5. The van der Waals surface area contributed by atoms with Crippen LogP contribution in [0.5, 0.6) is 0 Å². The van der Waals surface area contributed by atoms with Gasteiger partial charge in [-0.2, -0.15) is 13.2 Å². The van der Waals surface area contributed by atoms with Crippen LogP contribution in [0, 0.1) is 50.7 Å². The van der Waals surface area contributed by atoms with Crippen LogP contribution in [-0.4, -0.2) is 40.8 Å². The van der Waals surface area contributed by atoms with E-state index in [1.54, 1.807) is 0 Å². The van der Waals surface area contributed by atoms with Crippen molar-refractivity contribution in [3.8, 4) is 0 Å². The number of ether oxygens (including phenoxy) is 1. The molecule has 5 fully saturated rings. The molecule has 0 spiro atoms. The number of carboxylic acid groups (broad SMARTS) is 1. The van der Waals surface area contributed by atoms with Gasteiger partial charge in [-0.1, -0.05) is 34.6 Å². The fraction of sp³-hybridized carbons (Fsp3) is 0.906. The minimum Gasteiger partial charge on any atom is -0.481 e. The average molecular weight is 584 g/mol. The van der Waals surface area contributed by atoms with Crippen molar-refractivity contribution >= 4 is 17.8 Å². The predicted octanol–water partition coefficient (Wildman–Crippen LogP) is 6.91. The van der Waals surface area contributed by atoms with Crippen molar-refractivity contribution in [2.45, 2.75) is 130 Å². The van der Waals surface area contributed by atoms with Gasteiger partial charge in [0.2, 0.25) is 5.91 Å². The Kier molecular flexibility index (Phi) is 6.81. The lowest BCUT2D eigenvalue weighted by atomic mass is 9.32. The summed E-state index contributed by atoms with van der Waals surface area (Å²) in [5.74, 6) is -3.46. The fourth-order valence-corrected chi connectivity index (χ4v) is 11.6. The molecule has 0 aromatic rings. The van der Waals surface area contributed by atoms with E-state index in [1.807, 2.05) is 13.8 Å². The van der Waals surface area contributed by atoms with E-state index in [0.717, 1.165) is 25.7 Å². The summed E-state index contributed by atoms with van der Waals surface area (Å²) >= 11 is 0. The molecule has 9 atom stereocenters. The minimum absolute atomic E-state index is 0.0786. The summed E-state index contributed by atoms with van der Waals surface area (Å²) in [4.78, 5) is 38.1. The number of amides is 1. The molecule has 0 radical (unpaired) electrons. The standard InChI is InChI=1S/C32H48F3NO5/c1-26(2)14-16-31(24(38)39)17-15-29(6)18(22(31)23(26)41-25(40)32(33,34)35)8-9-20-28(5)12-11-21(37)36-27(3,4)19(28)10-13-30(20,29)7/h18-20,22-23H,8-17H2,1-7H3,(H,36,37)(H,38,39)/t18-,19+,20-,22+,23-,28+,29-,30-,31+/m1/s1. The number of halogens is 3. The van der Waals surface area contributed by atoms with Crippen LogP contribution in [0.15, 0.2) is 0 Å². The third-order valence-corrected chi connectivity index (χ3v) is 13.8. The van der Waals surface area contributed by atoms with Crippen LogP contribution in [0.25, 0.3) is 0 Å². The monoisotopic (exact) mass is 583 g/mol. The molecule has 0 aromatic heterocycles. The van der Waals surface area contributed by atoms with E-state index in [-0.39, 0.29) is 45.4 Å². The van der Waals surface area contributed by atoms with E-state index in [1.165, 1.54) is 0 Å². The fourth-order valence-electron chi connectivity index (χ4n) is 11.6. The van der Waals surface area contributed by atoms with E-state index in [0.29, 0.717) is 38.5 Å². The number of carboxylic acids is 1. The van der Waals surface area contributed by atoms with Crippen molar-refractivity contribution < 1.29 is 37.4 Å². The third kappa shape index (κ3) is 4.20. The number of nitrogens with one attached hydrogen (secondary N) is 1. The van der Waals surface area contributed by atoms with E-state index in [9.17, 15) is 32.7 Å². The molecule has 4 saturated carbocycles. The smallest absolute Gasteiger partial charge is 0.481 e. The van der Waals surface area contributed by atoms with Gasteiger partial charge in [-0.15, -0.1) is 0 Å². The number of hydrogen-bond acceptors (Lipinski definition) is 4. The first-order valence-electron chi connectivity index (χ1n) is 15.5. The Morgan fingerprint density at radius 1 is 0.854 bits per heavy atom. The molecule has 0 bridgehead atoms. The van der Waals surface area contributed by atoms with Crippen LogP contribution < -0.4 is 5.32 Å². The molecule has 5 rings (SSSR count). The minimum atomic E-state index is -5.15. The summed E-state index contributed by atoms with van der Waals surface area (Å²) in [7, 11) is 0. The summed E-state index contributed by atoms with van der Waals surface area (Å²) < 4.78 is 46.0. The van der Waals surface area contributed by atoms with Gasteiger partial charge >= 0.3 is 18.1 Å². The lowest BCUT2D eigenvalue weighted by Crippen LogP contribution is -2.69. The van der Waals surface area contributed by atoms with Crippen LogP contribution in [0.3, 0.4) is 0 Å². The van der Waals surface area contributed by atoms with Crippen molar-refractivity contribution in [1.29, 1.82) is 0 Å². The van der Waals surface area contributed by atoms with E-state index < -0.39 is 41.0 Å². The molecule has 2 N–H and O–H groups in total. The first-order chi connectivity index (χ1) is 18.7. The maximum absolute atomic E-state index is 13.5. The highest BCUT2D eigenvalue weighted by molar-refractivity contribution is 5.78. The second kappa shape index (κ2) is 9.10. The zero-order valence-corrected chi connectivity index (χ0v) is 25.7. The van der Waals surface area contributed by atoms with Crippen LogP contribution in [0.1, 0.15) is 113 Å². The highest BCUT2D eigenvalue weighted by atomic mass is 19.4. The average Bonchev–Trinajstić information content (AvgIpc) is 2.92. The number of esters is 1. The molecule has 1 amide bonds. The Hall–Kier alpha value is -1.80. The van der Waals surface area contributed by atoms with Crippen molar-refractivity contribution in [3.05, 3.63) is 0 Å². The lowest BCUT2D eigenvalue weighted by molar-refractivity contribution is -0.267. The van der Waals surface area contributed by atoms with Gasteiger partial charge in [-0.25, -0.2) is 4.79 Å². The van der Waals surface area contributed by atoms with Crippen LogP contribution >= 0.6 is 0 Å². The largest absolute Gasteiger partial charge is 0.490 e. The Bertz CT molecular complexity index is 1130. The molecule has 0 unspecified atom stereocenters. The SMILES string of the molecule is CC1(C)CC[C@]2(C(=O)O)CC[C@]3(C)[C@H](CC[C@@H]4[C@@]5(C)CCC(=O)NC(C)(C)[C@@H]5CC[C@]43C)[C@H]2[C@H]1OC(=O)C(F)(F)F. The predicted molar refractivity (Wildman–Crippen MR) is 146 cm³/mol. The topological polar surface area (TPSA) is 92.7 Å². The van der Waals surface area contributed by atoms with Gasteiger partial charge in [0.25, 0.3) is 0 Å². The van der Waals surface area contributed by atoms with Gasteiger partial charge in [0.15, 0.2) is 0 Å². The summed E-state index contributed by atoms with van der Waals surface area (Å²) in [6.45, 7) is 14.8. The normalized spacial score (nSPS) is 46.9. The zero-order chi connectivity index (χ0) is 30.6. The Morgan fingerprint density at radius 3 is 2.10 bits per heavy atom. The molecule has 9 heteroatoms. The molecule has 1 saturated heterocycles. The number of aliphatic carboxylic acids is 1. The van der Waals surface area contributed by atoms with Crippen LogP contribution in [0.2, 0.25) is 0 Å². The number of fused-ring (bicyclic) bond motifs is 7. The molecular weight excluding hydrogens is 535 g/mol. The first-order valence-corrected chi connectivity index (χ1v) is 15.5. The molecule has 4 aliphatic carbocycles. The zero-order valence-electron chi connectivity index (χ0n) is 25.7. The maximum Gasteiger partial charge on any atom is 0.490 e.